The third-order valence-corrected chi connectivity index (χ3v) is 4.60. The molecule has 0 radical (unpaired) electrons. The van der Waals surface area contributed by atoms with Gasteiger partial charge in [0, 0.05) is 22.2 Å². The molecule has 2 aromatic rings. The smallest absolute Gasteiger partial charge is 0.407 e. The highest BCUT2D eigenvalue weighted by Gasteiger charge is 2.30. The van der Waals surface area contributed by atoms with E-state index in [0.29, 0.717) is 12.6 Å². The number of carbonyl (C=O) groups is 1. The van der Waals surface area contributed by atoms with Crippen molar-refractivity contribution in [1.29, 1.82) is 0 Å². The van der Waals surface area contributed by atoms with E-state index in [1.165, 1.54) is 0 Å². The molecule has 4 nitrogen and oxygen atoms in total. The molecule has 3 rings (SSSR count). The predicted octanol–water partition coefficient (Wildman–Crippen LogP) is 4.32. The second-order valence-electron chi connectivity index (χ2n) is 5.70. The van der Waals surface area contributed by atoms with Crippen molar-refractivity contribution in [2.24, 2.45) is 0 Å². The molecule has 0 bridgehead atoms. The van der Waals surface area contributed by atoms with E-state index in [0.717, 1.165) is 28.6 Å². The summed E-state index contributed by atoms with van der Waals surface area (Å²) in [5.74, 6) is 0. The molecule has 0 aromatic heterocycles. The maximum atomic E-state index is 11.8. The van der Waals surface area contributed by atoms with Gasteiger partial charge in [-0.3, -0.25) is 0 Å². The molecule has 0 aliphatic heterocycles. The molecule has 1 aliphatic rings. The molecule has 1 amide bonds. The fourth-order valence-corrected chi connectivity index (χ4v) is 2.98. The minimum Gasteiger partial charge on any atom is -0.445 e. The average Bonchev–Trinajstić information content (AvgIpc) is 2.54. The summed E-state index contributed by atoms with van der Waals surface area (Å²) in [4.78, 5) is 11.8. The Balaban J connectivity index is 1.37. The van der Waals surface area contributed by atoms with Gasteiger partial charge in [0.2, 0.25) is 0 Å². The summed E-state index contributed by atoms with van der Waals surface area (Å²) in [6.45, 7) is 0.304. The van der Waals surface area contributed by atoms with E-state index in [1.54, 1.807) is 0 Å². The molecule has 1 saturated carbocycles. The number of nitrogens with one attached hydrogen (secondary N) is 2. The molecule has 2 aromatic carbocycles. The van der Waals surface area contributed by atoms with Gasteiger partial charge in [0.05, 0.1) is 0 Å². The summed E-state index contributed by atoms with van der Waals surface area (Å²) >= 11 is 3.52. The van der Waals surface area contributed by atoms with Gasteiger partial charge in [-0.1, -0.05) is 42.5 Å². The quantitative estimate of drug-likeness (QED) is 0.819. The third kappa shape index (κ3) is 4.48. The van der Waals surface area contributed by atoms with Crippen LogP contribution in [-0.4, -0.2) is 18.2 Å². The molecule has 120 valence electrons. The van der Waals surface area contributed by atoms with Crippen LogP contribution in [0.25, 0.3) is 0 Å². The van der Waals surface area contributed by atoms with E-state index in [9.17, 15) is 4.79 Å². The Hall–Kier alpha value is -2.01. The minimum atomic E-state index is -0.349. The normalized spacial score (nSPS) is 19.5. The first-order valence-corrected chi connectivity index (χ1v) is 8.48. The van der Waals surface area contributed by atoms with Crippen molar-refractivity contribution >= 4 is 27.7 Å². The number of hydrogen-bond acceptors (Lipinski definition) is 3. The van der Waals surface area contributed by atoms with Crippen molar-refractivity contribution in [2.45, 2.75) is 31.5 Å². The Morgan fingerprint density at radius 3 is 2.48 bits per heavy atom. The van der Waals surface area contributed by atoms with Gasteiger partial charge in [-0.15, -0.1) is 0 Å². The summed E-state index contributed by atoms with van der Waals surface area (Å²) in [5, 5.41) is 6.37. The molecule has 0 atom stereocenters. The van der Waals surface area contributed by atoms with E-state index in [2.05, 4.69) is 26.6 Å². The molecule has 2 N–H and O–H groups in total. The maximum Gasteiger partial charge on any atom is 0.407 e. The van der Waals surface area contributed by atoms with E-state index in [-0.39, 0.29) is 12.1 Å². The molecule has 23 heavy (non-hydrogen) atoms. The molecule has 0 heterocycles. The lowest BCUT2D eigenvalue weighted by Crippen LogP contribution is -2.49. The Labute approximate surface area is 144 Å². The number of carbonyl (C=O) groups excluding carboxylic acids is 1. The molecule has 5 heteroatoms. The summed E-state index contributed by atoms with van der Waals surface area (Å²) in [6.07, 6.45) is 1.46. The van der Waals surface area contributed by atoms with Crippen molar-refractivity contribution in [3.05, 3.63) is 64.6 Å². The topological polar surface area (TPSA) is 50.4 Å². The summed E-state index contributed by atoms with van der Waals surface area (Å²) in [7, 11) is 0. The van der Waals surface area contributed by atoms with Crippen LogP contribution in [0, 0.1) is 0 Å². The van der Waals surface area contributed by atoms with Crippen LogP contribution < -0.4 is 10.6 Å². The number of ether oxygens (including phenoxy) is 1. The number of anilines is 1. The van der Waals surface area contributed by atoms with E-state index < -0.39 is 0 Å². The molecular weight excluding hydrogens is 356 g/mol. The van der Waals surface area contributed by atoms with E-state index in [4.69, 9.17) is 4.74 Å². The highest BCUT2D eigenvalue weighted by molar-refractivity contribution is 9.10. The Morgan fingerprint density at radius 2 is 1.74 bits per heavy atom. The lowest BCUT2D eigenvalue weighted by atomic mass is 9.86. The second-order valence-corrected chi connectivity index (χ2v) is 6.55. The summed E-state index contributed by atoms with van der Waals surface area (Å²) in [5.41, 5.74) is 2.08. The average molecular weight is 375 g/mol. The van der Waals surface area contributed by atoms with Gasteiger partial charge in [-0.05, 0) is 46.5 Å². The molecular formula is C18H19BrN2O2. The number of hydrogen-bond donors (Lipinski definition) is 2. The number of amides is 1. The largest absolute Gasteiger partial charge is 0.445 e. The maximum absolute atomic E-state index is 11.8. The van der Waals surface area contributed by atoms with Gasteiger partial charge < -0.3 is 15.4 Å². The van der Waals surface area contributed by atoms with Crippen LogP contribution >= 0.6 is 15.9 Å². The van der Waals surface area contributed by atoms with Crippen molar-refractivity contribution in [3.8, 4) is 0 Å². The van der Waals surface area contributed by atoms with Crippen molar-refractivity contribution in [2.75, 3.05) is 5.32 Å². The molecule has 0 spiro atoms. The zero-order valence-electron chi connectivity index (χ0n) is 12.7. The number of benzene rings is 2. The fourth-order valence-electron chi connectivity index (χ4n) is 2.58. The number of para-hydroxylation sites is 1. The van der Waals surface area contributed by atoms with Crippen molar-refractivity contribution < 1.29 is 9.53 Å². The number of rotatable bonds is 5. The lowest BCUT2D eigenvalue weighted by molar-refractivity contribution is 0.129. The molecule has 0 unspecified atom stereocenters. The zero-order chi connectivity index (χ0) is 16.1. The van der Waals surface area contributed by atoms with Crippen molar-refractivity contribution in [1.82, 2.24) is 5.32 Å². The van der Waals surface area contributed by atoms with Crippen LogP contribution in [-0.2, 0) is 11.3 Å². The summed E-state index contributed by atoms with van der Waals surface area (Å²) < 4.78 is 6.28. The minimum absolute atomic E-state index is 0.179. The standard InChI is InChI=1S/C18H19BrN2O2/c19-16-8-4-5-9-17(16)20-14-10-15(11-14)21-18(22)23-12-13-6-2-1-3-7-13/h1-9,14-15,20H,10-12H2,(H,21,22). The Morgan fingerprint density at radius 1 is 1.04 bits per heavy atom. The monoisotopic (exact) mass is 374 g/mol. The first-order valence-electron chi connectivity index (χ1n) is 7.69. The van der Waals surface area contributed by atoms with Crippen LogP contribution in [0.1, 0.15) is 18.4 Å². The van der Waals surface area contributed by atoms with Crippen LogP contribution in [0.15, 0.2) is 59.1 Å². The van der Waals surface area contributed by atoms with Gasteiger partial charge in [0.15, 0.2) is 0 Å². The van der Waals surface area contributed by atoms with Gasteiger partial charge in [-0.2, -0.15) is 0 Å². The molecule has 1 aliphatic carbocycles. The highest BCUT2D eigenvalue weighted by atomic mass is 79.9. The van der Waals surface area contributed by atoms with Gasteiger partial charge in [0.1, 0.15) is 6.61 Å². The molecule has 1 fully saturated rings. The third-order valence-electron chi connectivity index (χ3n) is 3.91. The van der Waals surface area contributed by atoms with Crippen molar-refractivity contribution in [3.63, 3.8) is 0 Å². The lowest BCUT2D eigenvalue weighted by Gasteiger charge is -2.36. The predicted molar refractivity (Wildman–Crippen MR) is 94.3 cm³/mol. The fraction of sp³-hybridized carbons (Fsp3) is 0.278. The van der Waals surface area contributed by atoms with Gasteiger partial charge >= 0.3 is 6.09 Å². The Bertz CT molecular complexity index is 657. The number of alkyl carbamates (subject to hydrolysis) is 1. The highest BCUT2D eigenvalue weighted by Crippen LogP contribution is 2.28. The zero-order valence-corrected chi connectivity index (χ0v) is 14.3. The van der Waals surface area contributed by atoms with E-state index in [1.807, 2.05) is 54.6 Å². The number of halogens is 1. The van der Waals surface area contributed by atoms with Gasteiger partial charge in [-0.25, -0.2) is 4.79 Å². The first kappa shape index (κ1) is 15.9. The van der Waals surface area contributed by atoms with Crippen LogP contribution in [0.2, 0.25) is 0 Å². The SMILES string of the molecule is O=C(NC1CC(Nc2ccccc2Br)C1)OCc1ccccc1. The molecule has 0 saturated heterocycles. The summed E-state index contributed by atoms with van der Waals surface area (Å²) in [6, 6.07) is 18.3. The Kier molecular flexibility index (Phi) is 5.18. The van der Waals surface area contributed by atoms with Gasteiger partial charge in [0.25, 0.3) is 0 Å². The second kappa shape index (κ2) is 7.51. The van der Waals surface area contributed by atoms with E-state index >= 15 is 0 Å². The van der Waals surface area contributed by atoms with Crippen LogP contribution in [0.5, 0.6) is 0 Å². The first-order chi connectivity index (χ1) is 11.2. The van der Waals surface area contributed by atoms with Crippen LogP contribution in [0.3, 0.4) is 0 Å². The van der Waals surface area contributed by atoms with Crippen LogP contribution in [0.4, 0.5) is 10.5 Å².